The van der Waals surface area contributed by atoms with Crippen molar-refractivity contribution in [2.75, 3.05) is 6.61 Å². The van der Waals surface area contributed by atoms with E-state index in [9.17, 15) is 4.79 Å². The highest BCUT2D eigenvalue weighted by Gasteiger charge is 2.47. The van der Waals surface area contributed by atoms with Gasteiger partial charge in [-0.2, -0.15) is 0 Å². The van der Waals surface area contributed by atoms with Crippen molar-refractivity contribution in [2.45, 2.75) is 31.4 Å². The molecule has 0 saturated carbocycles. The number of carbonyl (C=O) groups is 1. The Morgan fingerprint density at radius 3 is 2.30 bits per heavy atom. The molecule has 2 fully saturated rings. The number of rotatable bonds is 4. The van der Waals surface area contributed by atoms with Crippen LogP contribution in [0.5, 0.6) is 0 Å². The van der Waals surface area contributed by atoms with Crippen LogP contribution in [-0.2, 0) is 27.2 Å². The zero-order valence-electron chi connectivity index (χ0n) is 12.8. The molecule has 4 heteroatoms. The zero-order valence-corrected chi connectivity index (χ0v) is 12.8. The Morgan fingerprint density at radius 1 is 0.957 bits per heavy atom. The molecule has 2 aromatic rings. The highest BCUT2D eigenvalue weighted by Crippen LogP contribution is 2.30. The molecule has 0 unspecified atom stereocenters. The third kappa shape index (κ3) is 2.87. The molecule has 2 aromatic carbocycles. The zero-order chi connectivity index (χ0) is 15.6. The lowest BCUT2D eigenvalue weighted by molar-refractivity contribution is -0.177. The molecule has 118 valence electrons. The second kappa shape index (κ2) is 6.14. The summed E-state index contributed by atoms with van der Waals surface area (Å²) < 4.78 is 11.5. The molecule has 23 heavy (non-hydrogen) atoms. The lowest BCUT2D eigenvalue weighted by Crippen LogP contribution is -2.55. The summed E-state index contributed by atoms with van der Waals surface area (Å²) in [5, 5.41) is 0. The van der Waals surface area contributed by atoms with Crippen LogP contribution < -0.4 is 0 Å². The Balaban J connectivity index is 1.60. The minimum Gasteiger partial charge on any atom is -0.347 e. The molecule has 2 saturated heterocycles. The van der Waals surface area contributed by atoms with Crippen LogP contribution >= 0.6 is 0 Å². The molecule has 0 aromatic heterocycles. The van der Waals surface area contributed by atoms with E-state index in [1.165, 1.54) is 5.56 Å². The summed E-state index contributed by atoms with van der Waals surface area (Å²) in [6.07, 6.45) is -0.0473. The van der Waals surface area contributed by atoms with Crippen LogP contribution in [0.3, 0.4) is 0 Å². The number of hydrogen-bond acceptors (Lipinski definition) is 3. The fourth-order valence-corrected chi connectivity index (χ4v) is 3.29. The van der Waals surface area contributed by atoms with Gasteiger partial charge in [0.05, 0.1) is 12.6 Å². The summed E-state index contributed by atoms with van der Waals surface area (Å²) in [6.45, 7) is 0.955. The normalized spacial score (nSPS) is 26.5. The van der Waals surface area contributed by atoms with Gasteiger partial charge in [0.2, 0.25) is 0 Å². The van der Waals surface area contributed by atoms with Crippen molar-refractivity contribution in [3.8, 4) is 0 Å². The molecule has 1 amide bonds. The molecule has 2 heterocycles. The fraction of sp³-hybridized carbons (Fsp3) is 0.316. The van der Waals surface area contributed by atoms with Gasteiger partial charge in [-0.25, -0.2) is 0 Å². The number of carbonyl (C=O) groups excluding carboxylic acids is 1. The van der Waals surface area contributed by atoms with Crippen molar-refractivity contribution in [3.05, 3.63) is 71.8 Å². The van der Waals surface area contributed by atoms with Gasteiger partial charge in [-0.1, -0.05) is 60.7 Å². The Morgan fingerprint density at radius 2 is 1.61 bits per heavy atom. The predicted octanol–water partition coefficient (Wildman–Crippen LogP) is 2.38. The fourth-order valence-electron chi connectivity index (χ4n) is 3.29. The topological polar surface area (TPSA) is 38.8 Å². The molecule has 2 aliphatic rings. The summed E-state index contributed by atoms with van der Waals surface area (Å²) in [5.74, 6) is 0.0311. The second-order valence-electron chi connectivity index (χ2n) is 6.04. The van der Waals surface area contributed by atoms with Crippen molar-refractivity contribution in [3.63, 3.8) is 0 Å². The number of nitrogens with zero attached hydrogens (tertiary/aromatic N) is 1. The molecule has 2 aliphatic heterocycles. The summed E-state index contributed by atoms with van der Waals surface area (Å²) in [5.41, 5.74) is 2.31. The lowest BCUT2D eigenvalue weighted by atomic mass is 10.0. The minimum atomic E-state index is -0.448. The highest BCUT2D eigenvalue weighted by molar-refractivity contribution is 5.82. The van der Waals surface area contributed by atoms with Gasteiger partial charge in [0.15, 0.2) is 12.4 Å². The minimum absolute atomic E-state index is 0.0311. The Kier molecular flexibility index (Phi) is 3.85. The Labute approximate surface area is 135 Å². The van der Waals surface area contributed by atoms with Gasteiger partial charge in [-0.3, -0.25) is 4.79 Å². The SMILES string of the molecule is O=C1[C@@H]2CO[C@H](O2)[C@@H](Cc2ccccc2)N1Cc1ccccc1. The molecule has 3 atom stereocenters. The van der Waals surface area contributed by atoms with E-state index in [0.717, 1.165) is 12.0 Å². The number of hydrogen-bond donors (Lipinski definition) is 0. The number of benzene rings is 2. The second-order valence-corrected chi connectivity index (χ2v) is 6.04. The number of ether oxygens (including phenoxy) is 2. The summed E-state index contributed by atoms with van der Waals surface area (Å²) >= 11 is 0. The third-order valence-electron chi connectivity index (χ3n) is 4.47. The maximum Gasteiger partial charge on any atom is 0.254 e. The molecule has 4 nitrogen and oxygen atoms in total. The van der Waals surface area contributed by atoms with E-state index in [4.69, 9.17) is 9.47 Å². The maximum absolute atomic E-state index is 12.7. The van der Waals surface area contributed by atoms with E-state index in [1.807, 2.05) is 53.4 Å². The molecule has 0 radical (unpaired) electrons. The predicted molar refractivity (Wildman–Crippen MR) is 85.5 cm³/mol. The van der Waals surface area contributed by atoms with Gasteiger partial charge >= 0.3 is 0 Å². The van der Waals surface area contributed by atoms with Crippen LogP contribution in [0.4, 0.5) is 0 Å². The van der Waals surface area contributed by atoms with Gasteiger partial charge in [-0.15, -0.1) is 0 Å². The third-order valence-corrected chi connectivity index (χ3v) is 4.47. The molecule has 4 rings (SSSR count). The Hall–Kier alpha value is -2.17. The lowest BCUT2D eigenvalue weighted by Gasteiger charge is -2.38. The van der Waals surface area contributed by atoms with Crippen LogP contribution in [-0.4, -0.2) is 35.8 Å². The van der Waals surface area contributed by atoms with Gasteiger partial charge in [0, 0.05) is 6.54 Å². The van der Waals surface area contributed by atoms with Crippen molar-refractivity contribution in [2.24, 2.45) is 0 Å². The van der Waals surface area contributed by atoms with Crippen LogP contribution in [0.2, 0.25) is 0 Å². The van der Waals surface area contributed by atoms with Gasteiger partial charge in [0.1, 0.15) is 0 Å². The molecule has 2 bridgehead atoms. The quantitative estimate of drug-likeness (QED) is 0.870. The first-order valence-corrected chi connectivity index (χ1v) is 7.96. The average molecular weight is 309 g/mol. The van der Waals surface area contributed by atoms with Gasteiger partial charge in [-0.05, 0) is 17.5 Å². The first kappa shape index (κ1) is 14.4. The average Bonchev–Trinajstić information content (AvgIpc) is 3.05. The van der Waals surface area contributed by atoms with Crippen molar-refractivity contribution >= 4 is 5.91 Å². The van der Waals surface area contributed by atoms with Gasteiger partial charge in [0.25, 0.3) is 5.91 Å². The van der Waals surface area contributed by atoms with Crippen LogP contribution in [0.25, 0.3) is 0 Å². The Bertz CT molecular complexity index is 674. The van der Waals surface area contributed by atoms with E-state index in [2.05, 4.69) is 12.1 Å². The van der Waals surface area contributed by atoms with Crippen molar-refractivity contribution in [1.29, 1.82) is 0 Å². The smallest absolute Gasteiger partial charge is 0.254 e. The maximum atomic E-state index is 12.7. The van der Waals surface area contributed by atoms with Crippen molar-refractivity contribution in [1.82, 2.24) is 4.90 Å². The van der Waals surface area contributed by atoms with E-state index < -0.39 is 6.10 Å². The van der Waals surface area contributed by atoms with Crippen LogP contribution in [0.15, 0.2) is 60.7 Å². The molecule has 0 spiro atoms. The van der Waals surface area contributed by atoms with Crippen molar-refractivity contribution < 1.29 is 14.3 Å². The molecule has 0 aliphatic carbocycles. The first-order valence-electron chi connectivity index (χ1n) is 7.96. The first-order chi connectivity index (χ1) is 11.3. The number of morpholine rings is 1. The summed E-state index contributed by atoms with van der Waals surface area (Å²) in [7, 11) is 0. The van der Waals surface area contributed by atoms with Gasteiger partial charge < -0.3 is 14.4 Å². The van der Waals surface area contributed by atoms with Crippen LogP contribution in [0.1, 0.15) is 11.1 Å². The van der Waals surface area contributed by atoms with Crippen LogP contribution in [0, 0.1) is 0 Å². The standard InChI is InChI=1S/C19H19NO3/c21-18-17-13-22-19(23-17)16(11-14-7-3-1-4-8-14)20(18)12-15-9-5-2-6-10-15/h1-10,16-17,19H,11-13H2/t16-,17+,19-/m1/s1. The molecule has 0 N–H and O–H groups in total. The molecular formula is C19H19NO3. The number of fused-ring (bicyclic) bond motifs is 2. The summed E-state index contributed by atoms with van der Waals surface area (Å²) in [6, 6.07) is 20.2. The highest BCUT2D eigenvalue weighted by atomic mass is 16.7. The monoisotopic (exact) mass is 309 g/mol. The number of amides is 1. The van der Waals surface area contributed by atoms with E-state index in [0.29, 0.717) is 13.2 Å². The van der Waals surface area contributed by atoms with E-state index >= 15 is 0 Å². The largest absolute Gasteiger partial charge is 0.347 e. The molecular weight excluding hydrogens is 290 g/mol. The van der Waals surface area contributed by atoms with E-state index in [-0.39, 0.29) is 18.2 Å². The van der Waals surface area contributed by atoms with E-state index in [1.54, 1.807) is 0 Å². The summed E-state index contributed by atoms with van der Waals surface area (Å²) in [4.78, 5) is 14.6.